The summed E-state index contributed by atoms with van der Waals surface area (Å²) in [6, 6.07) is 13.6. The first-order valence-electron chi connectivity index (χ1n) is 10.5. The number of urea groups is 1. The van der Waals surface area contributed by atoms with Crippen molar-refractivity contribution in [3.8, 4) is 0 Å². The standard InChI is InChI=1S/C23H27ClN4O3/c24-20-12-11-18(15-19(20)22(30)27-16-7-3-1-4-8-16)26-21(29)13-14-25-23(31)28-17-9-5-2-6-10-17/h2,5-6,9-12,15-16H,1,3-4,7-8,13-14H2,(H,26,29)(H,27,30)(H2,25,28,31). The predicted octanol–water partition coefficient (Wildman–Crippen LogP) is 4.55. The van der Waals surface area contributed by atoms with Crippen LogP contribution >= 0.6 is 11.6 Å². The summed E-state index contributed by atoms with van der Waals surface area (Å²) >= 11 is 6.20. The molecule has 0 atom stereocenters. The van der Waals surface area contributed by atoms with Gasteiger partial charge in [0.15, 0.2) is 0 Å². The van der Waals surface area contributed by atoms with Crippen LogP contribution in [0, 0.1) is 0 Å². The first kappa shape index (κ1) is 22.6. The fourth-order valence-electron chi connectivity index (χ4n) is 3.50. The molecule has 31 heavy (non-hydrogen) atoms. The van der Waals surface area contributed by atoms with Crippen LogP contribution in [-0.2, 0) is 4.79 Å². The zero-order chi connectivity index (χ0) is 22.1. The van der Waals surface area contributed by atoms with E-state index >= 15 is 0 Å². The van der Waals surface area contributed by atoms with Crippen LogP contribution in [0.5, 0.6) is 0 Å². The Bertz CT molecular complexity index is 914. The molecular formula is C23H27ClN4O3. The van der Waals surface area contributed by atoms with E-state index in [1.807, 2.05) is 18.2 Å². The zero-order valence-electron chi connectivity index (χ0n) is 17.2. The summed E-state index contributed by atoms with van der Waals surface area (Å²) in [4.78, 5) is 36.7. The molecule has 0 saturated heterocycles. The van der Waals surface area contributed by atoms with Gasteiger partial charge in [0.2, 0.25) is 5.91 Å². The van der Waals surface area contributed by atoms with E-state index in [0.717, 1.165) is 25.7 Å². The minimum Gasteiger partial charge on any atom is -0.349 e. The van der Waals surface area contributed by atoms with Crippen LogP contribution in [0.2, 0.25) is 5.02 Å². The predicted molar refractivity (Wildman–Crippen MR) is 123 cm³/mol. The Balaban J connectivity index is 1.46. The molecule has 0 heterocycles. The van der Waals surface area contributed by atoms with Gasteiger partial charge in [0, 0.05) is 30.4 Å². The van der Waals surface area contributed by atoms with Gasteiger partial charge in [-0.25, -0.2) is 4.79 Å². The average Bonchev–Trinajstić information content (AvgIpc) is 2.76. The highest BCUT2D eigenvalue weighted by Gasteiger charge is 2.19. The topological polar surface area (TPSA) is 99.3 Å². The van der Waals surface area contributed by atoms with E-state index in [0.29, 0.717) is 22.0 Å². The second kappa shape index (κ2) is 11.4. The Morgan fingerprint density at radius 3 is 2.39 bits per heavy atom. The molecule has 0 spiro atoms. The summed E-state index contributed by atoms with van der Waals surface area (Å²) in [7, 11) is 0. The maximum Gasteiger partial charge on any atom is 0.319 e. The molecule has 0 aromatic heterocycles. The summed E-state index contributed by atoms with van der Waals surface area (Å²) in [6.07, 6.45) is 5.49. The fourth-order valence-corrected chi connectivity index (χ4v) is 3.70. The van der Waals surface area contributed by atoms with Gasteiger partial charge < -0.3 is 21.3 Å². The van der Waals surface area contributed by atoms with E-state index in [2.05, 4.69) is 21.3 Å². The van der Waals surface area contributed by atoms with Crippen molar-refractivity contribution in [1.29, 1.82) is 0 Å². The Kier molecular flexibility index (Phi) is 8.29. The summed E-state index contributed by atoms with van der Waals surface area (Å²) in [5.41, 5.74) is 1.49. The molecule has 1 aliphatic carbocycles. The molecular weight excluding hydrogens is 416 g/mol. The molecule has 0 bridgehead atoms. The molecule has 3 rings (SSSR count). The molecule has 2 aromatic carbocycles. The third kappa shape index (κ3) is 7.29. The summed E-state index contributed by atoms with van der Waals surface area (Å²) in [5.74, 6) is -0.506. The monoisotopic (exact) mass is 442 g/mol. The number of hydrogen-bond donors (Lipinski definition) is 4. The van der Waals surface area contributed by atoms with E-state index in [9.17, 15) is 14.4 Å². The van der Waals surface area contributed by atoms with Gasteiger partial charge in [-0.15, -0.1) is 0 Å². The van der Waals surface area contributed by atoms with Gasteiger partial charge in [0.25, 0.3) is 5.91 Å². The van der Waals surface area contributed by atoms with E-state index < -0.39 is 0 Å². The fraction of sp³-hybridized carbons (Fsp3) is 0.348. The second-order valence-corrected chi connectivity index (χ2v) is 7.96. The maximum absolute atomic E-state index is 12.6. The van der Waals surface area contributed by atoms with Gasteiger partial charge >= 0.3 is 6.03 Å². The number of carbonyl (C=O) groups is 3. The van der Waals surface area contributed by atoms with Crippen LogP contribution in [0.25, 0.3) is 0 Å². The molecule has 4 amide bonds. The van der Waals surface area contributed by atoms with Crippen molar-refractivity contribution in [1.82, 2.24) is 10.6 Å². The minimum atomic E-state index is -0.382. The highest BCUT2D eigenvalue weighted by molar-refractivity contribution is 6.34. The molecule has 7 nitrogen and oxygen atoms in total. The van der Waals surface area contributed by atoms with Gasteiger partial charge in [-0.05, 0) is 43.2 Å². The number of carbonyl (C=O) groups excluding carboxylic acids is 3. The molecule has 164 valence electrons. The number of nitrogens with one attached hydrogen (secondary N) is 4. The highest BCUT2D eigenvalue weighted by atomic mass is 35.5. The van der Waals surface area contributed by atoms with Crippen molar-refractivity contribution in [2.75, 3.05) is 17.2 Å². The van der Waals surface area contributed by atoms with Crippen molar-refractivity contribution >= 4 is 40.8 Å². The first-order valence-corrected chi connectivity index (χ1v) is 10.9. The van der Waals surface area contributed by atoms with Crippen LogP contribution < -0.4 is 21.3 Å². The third-order valence-corrected chi connectivity index (χ3v) is 5.43. The van der Waals surface area contributed by atoms with Gasteiger partial charge in [-0.2, -0.15) is 0 Å². The molecule has 0 aliphatic heterocycles. The smallest absolute Gasteiger partial charge is 0.319 e. The maximum atomic E-state index is 12.6. The second-order valence-electron chi connectivity index (χ2n) is 7.55. The average molecular weight is 443 g/mol. The van der Waals surface area contributed by atoms with Crippen molar-refractivity contribution < 1.29 is 14.4 Å². The lowest BCUT2D eigenvalue weighted by Crippen LogP contribution is -2.36. The Morgan fingerprint density at radius 1 is 0.903 bits per heavy atom. The van der Waals surface area contributed by atoms with Crippen molar-refractivity contribution in [3.05, 3.63) is 59.1 Å². The van der Waals surface area contributed by atoms with Crippen LogP contribution in [0.4, 0.5) is 16.2 Å². The van der Waals surface area contributed by atoms with Gasteiger partial charge in [-0.3, -0.25) is 9.59 Å². The molecule has 0 unspecified atom stereocenters. The van der Waals surface area contributed by atoms with Crippen molar-refractivity contribution in [2.24, 2.45) is 0 Å². The van der Waals surface area contributed by atoms with Gasteiger partial charge in [0.1, 0.15) is 0 Å². The quantitative estimate of drug-likeness (QED) is 0.506. The minimum absolute atomic E-state index is 0.0917. The number of para-hydroxylation sites is 1. The van der Waals surface area contributed by atoms with Crippen LogP contribution in [-0.4, -0.2) is 30.4 Å². The van der Waals surface area contributed by atoms with Crippen LogP contribution in [0.15, 0.2) is 48.5 Å². The number of benzene rings is 2. The van der Waals surface area contributed by atoms with E-state index in [4.69, 9.17) is 11.6 Å². The molecule has 1 saturated carbocycles. The first-order chi connectivity index (χ1) is 15.0. The largest absolute Gasteiger partial charge is 0.349 e. The molecule has 2 aromatic rings. The Morgan fingerprint density at radius 2 is 1.65 bits per heavy atom. The number of halogens is 1. The molecule has 4 N–H and O–H groups in total. The molecule has 8 heteroatoms. The zero-order valence-corrected chi connectivity index (χ0v) is 18.0. The number of rotatable bonds is 7. The van der Waals surface area contributed by atoms with Gasteiger partial charge in [-0.1, -0.05) is 49.1 Å². The van der Waals surface area contributed by atoms with E-state index in [-0.39, 0.29) is 36.9 Å². The normalized spacial score (nSPS) is 13.8. The molecule has 0 radical (unpaired) electrons. The summed E-state index contributed by atoms with van der Waals surface area (Å²) < 4.78 is 0. The third-order valence-electron chi connectivity index (χ3n) is 5.10. The number of amides is 4. The Labute approximate surface area is 186 Å². The van der Waals surface area contributed by atoms with Crippen molar-refractivity contribution in [3.63, 3.8) is 0 Å². The SMILES string of the molecule is O=C(CCNC(=O)Nc1ccccc1)Nc1ccc(Cl)c(C(=O)NC2CCCCC2)c1. The summed E-state index contributed by atoms with van der Waals surface area (Å²) in [6.45, 7) is 0.174. The Hall–Kier alpha value is -3.06. The molecule has 1 fully saturated rings. The molecule has 1 aliphatic rings. The van der Waals surface area contributed by atoms with Gasteiger partial charge in [0.05, 0.1) is 10.6 Å². The number of hydrogen-bond acceptors (Lipinski definition) is 3. The lowest BCUT2D eigenvalue weighted by Gasteiger charge is -2.23. The lowest BCUT2D eigenvalue weighted by atomic mass is 9.95. The summed E-state index contributed by atoms with van der Waals surface area (Å²) in [5, 5.41) is 11.4. The highest BCUT2D eigenvalue weighted by Crippen LogP contribution is 2.23. The lowest BCUT2D eigenvalue weighted by molar-refractivity contribution is -0.116. The van der Waals surface area contributed by atoms with Crippen molar-refractivity contribution in [2.45, 2.75) is 44.6 Å². The van der Waals surface area contributed by atoms with Crippen LogP contribution in [0.3, 0.4) is 0 Å². The van der Waals surface area contributed by atoms with E-state index in [1.165, 1.54) is 6.42 Å². The van der Waals surface area contributed by atoms with E-state index in [1.54, 1.807) is 30.3 Å². The number of anilines is 2. The van der Waals surface area contributed by atoms with Crippen LogP contribution in [0.1, 0.15) is 48.9 Å².